The Hall–Kier alpha value is -1.02. The van der Waals surface area contributed by atoms with Gasteiger partial charge >= 0.3 is 0 Å². The molecule has 0 saturated heterocycles. The Morgan fingerprint density at radius 1 is 1.45 bits per heavy atom. The van der Waals surface area contributed by atoms with E-state index in [0.717, 1.165) is 23.2 Å². The van der Waals surface area contributed by atoms with Gasteiger partial charge in [-0.15, -0.1) is 0 Å². The lowest BCUT2D eigenvalue weighted by molar-refractivity contribution is 0.282. The summed E-state index contributed by atoms with van der Waals surface area (Å²) < 4.78 is 0. The number of aliphatic hydroxyl groups excluding tert-OH is 1. The fourth-order valence-corrected chi connectivity index (χ4v) is 1.06. The minimum Gasteiger partial charge on any atom is -0.398 e. The zero-order valence-corrected chi connectivity index (χ0v) is 6.67. The van der Waals surface area contributed by atoms with Gasteiger partial charge < -0.3 is 10.8 Å². The van der Waals surface area contributed by atoms with Crippen LogP contribution in [0.5, 0.6) is 0 Å². The number of anilines is 1. The van der Waals surface area contributed by atoms with Gasteiger partial charge in [0.1, 0.15) is 0 Å². The summed E-state index contributed by atoms with van der Waals surface area (Å²) in [5, 5.41) is 8.77. The molecule has 3 N–H and O–H groups in total. The average Bonchev–Trinajstić information content (AvgIpc) is 2.04. The van der Waals surface area contributed by atoms with Crippen LogP contribution >= 0.6 is 0 Å². The summed E-state index contributed by atoms with van der Waals surface area (Å²) in [5.41, 5.74) is 8.49. The Bertz CT molecular complexity index is 245. The largest absolute Gasteiger partial charge is 0.398 e. The van der Waals surface area contributed by atoms with Crippen molar-refractivity contribution in [2.45, 2.75) is 20.0 Å². The molecule has 1 rings (SSSR count). The summed E-state index contributed by atoms with van der Waals surface area (Å²) in [4.78, 5) is 0. The molecule has 2 heteroatoms. The monoisotopic (exact) mass is 151 g/mol. The molecule has 0 heterocycles. The molecule has 0 bridgehead atoms. The number of aliphatic hydroxyl groups is 1. The molecule has 0 amide bonds. The predicted octanol–water partition coefficient (Wildman–Crippen LogP) is 1.32. The van der Waals surface area contributed by atoms with Gasteiger partial charge in [-0.1, -0.05) is 19.1 Å². The summed E-state index contributed by atoms with van der Waals surface area (Å²) in [6, 6.07) is 5.68. The first-order valence-corrected chi connectivity index (χ1v) is 3.76. The second kappa shape index (κ2) is 3.39. The highest BCUT2D eigenvalue weighted by molar-refractivity contribution is 5.48. The number of hydrogen-bond donors (Lipinski definition) is 2. The lowest BCUT2D eigenvalue weighted by Gasteiger charge is -2.03. The van der Waals surface area contributed by atoms with Crippen molar-refractivity contribution in [2.24, 2.45) is 0 Å². The first-order chi connectivity index (χ1) is 5.27. The maximum Gasteiger partial charge on any atom is 0.0682 e. The second-order valence-corrected chi connectivity index (χ2v) is 2.54. The molecule has 1 aromatic carbocycles. The standard InChI is InChI=1S/C9H13NO/c1-2-8-4-3-7(6-11)5-9(8)10/h3-5,11H,2,6,10H2,1H3. The third-order valence-corrected chi connectivity index (χ3v) is 1.77. The maximum atomic E-state index is 8.77. The van der Waals surface area contributed by atoms with Crippen LogP contribution in [0.15, 0.2) is 18.2 Å². The molecule has 0 radical (unpaired) electrons. The molecule has 1 aromatic rings. The van der Waals surface area contributed by atoms with Crippen LogP contribution in [0, 0.1) is 0 Å². The van der Waals surface area contributed by atoms with E-state index in [9.17, 15) is 0 Å². The maximum absolute atomic E-state index is 8.77. The van der Waals surface area contributed by atoms with Gasteiger partial charge in [-0.05, 0) is 23.6 Å². The van der Waals surface area contributed by atoms with Crippen molar-refractivity contribution in [3.63, 3.8) is 0 Å². The van der Waals surface area contributed by atoms with Gasteiger partial charge in [0.2, 0.25) is 0 Å². The van der Waals surface area contributed by atoms with E-state index in [2.05, 4.69) is 6.92 Å². The van der Waals surface area contributed by atoms with Crippen LogP contribution in [-0.4, -0.2) is 5.11 Å². The van der Waals surface area contributed by atoms with Gasteiger partial charge in [-0.2, -0.15) is 0 Å². The molecule has 2 nitrogen and oxygen atoms in total. The number of rotatable bonds is 2. The van der Waals surface area contributed by atoms with Crippen LogP contribution in [0.4, 0.5) is 5.69 Å². The molecule has 0 fully saturated rings. The van der Waals surface area contributed by atoms with E-state index in [1.54, 1.807) is 0 Å². The van der Waals surface area contributed by atoms with Gasteiger partial charge in [0.05, 0.1) is 6.61 Å². The van der Waals surface area contributed by atoms with Crippen molar-refractivity contribution >= 4 is 5.69 Å². The zero-order valence-electron chi connectivity index (χ0n) is 6.67. The molecule has 11 heavy (non-hydrogen) atoms. The summed E-state index contributed by atoms with van der Waals surface area (Å²) in [6.45, 7) is 2.12. The van der Waals surface area contributed by atoms with Gasteiger partial charge in [0.25, 0.3) is 0 Å². The van der Waals surface area contributed by atoms with E-state index in [-0.39, 0.29) is 6.61 Å². The highest BCUT2D eigenvalue weighted by Crippen LogP contribution is 2.14. The van der Waals surface area contributed by atoms with Gasteiger partial charge in [-0.3, -0.25) is 0 Å². The van der Waals surface area contributed by atoms with E-state index in [1.165, 1.54) is 0 Å². The van der Waals surface area contributed by atoms with Gasteiger partial charge in [0, 0.05) is 5.69 Å². The van der Waals surface area contributed by atoms with Crippen LogP contribution in [0.2, 0.25) is 0 Å². The van der Waals surface area contributed by atoms with E-state index in [4.69, 9.17) is 10.8 Å². The first kappa shape index (κ1) is 8.08. The summed E-state index contributed by atoms with van der Waals surface area (Å²) in [7, 11) is 0. The normalized spacial score (nSPS) is 10.0. The molecule has 0 unspecified atom stereocenters. The quantitative estimate of drug-likeness (QED) is 0.626. The van der Waals surface area contributed by atoms with Crippen molar-refractivity contribution < 1.29 is 5.11 Å². The predicted molar refractivity (Wildman–Crippen MR) is 46.2 cm³/mol. The van der Waals surface area contributed by atoms with Gasteiger partial charge in [-0.25, -0.2) is 0 Å². The lowest BCUT2D eigenvalue weighted by Crippen LogP contribution is -1.94. The number of benzene rings is 1. The number of aryl methyl sites for hydroxylation is 1. The number of hydrogen-bond acceptors (Lipinski definition) is 2. The average molecular weight is 151 g/mol. The summed E-state index contributed by atoms with van der Waals surface area (Å²) >= 11 is 0. The van der Waals surface area contributed by atoms with Crippen molar-refractivity contribution in [3.05, 3.63) is 29.3 Å². The second-order valence-electron chi connectivity index (χ2n) is 2.54. The molecule has 0 spiro atoms. The molecule has 0 saturated carbocycles. The SMILES string of the molecule is CCc1ccc(CO)cc1N. The highest BCUT2D eigenvalue weighted by atomic mass is 16.3. The Morgan fingerprint density at radius 3 is 2.64 bits per heavy atom. The van der Waals surface area contributed by atoms with Crippen LogP contribution < -0.4 is 5.73 Å². The molecule has 0 aliphatic carbocycles. The molecule has 0 atom stereocenters. The lowest BCUT2D eigenvalue weighted by atomic mass is 10.1. The highest BCUT2D eigenvalue weighted by Gasteiger charge is 1.96. The first-order valence-electron chi connectivity index (χ1n) is 3.76. The topological polar surface area (TPSA) is 46.2 Å². The van der Waals surface area contributed by atoms with E-state index in [1.807, 2.05) is 18.2 Å². The fraction of sp³-hybridized carbons (Fsp3) is 0.333. The Balaban J connectivity index is 2.99. The summed E-state index contributed by atoms with van der Waals surface area (Å²) in [6.07, 6.45) is 0.942. The molecular weight excluding hydrogens is 138 g/mol. The third kappa shape index (κ3) is 1.71. The van der Waals surface area contributed by atoms with E-state index >= 15 is 0 Å². The van der Waals surface area contributed by atoms with Crippen molar-refractivity contribution in [1.82, 2.24) is 0 Å². The van der Waals surface area contributed by atoms with E-state index < -0.39 is 0 Å². The van der Waals surface area contributed by atoms with Gasteiger partial charge in [0.15, 0.2) is 0 Å². The molecular formula is C9H13NO. The number of nitrogen functional groups attached to an aromatic ring is 1. The molecule has 0 aliphatic heterocycles. The van der Waals surface area contributed by atoms with Crippen LogP contribution in [-0.2, 0) is 13.0 Å². The Labute approximate surface area is 66.7 Å². The van der Waals surface area contributed by atoms with Crippen LogP contribution in [0.1, 0.15) is 18.1 Å². The molecule has 0 aliphatic rings. The third-order valence-electron chi connectivity index (χ3n) is 1.77. The fourth-order valence-electron chi connectivity index (χ4n) is 1.06. The minimum atomic E-state index is 0.0637. The van der Waals surface area contributed by atoms with Crippen molar-refractivity contribution in [2.75, 3.05) is 5.73 Å². The van der Waals surface area contributed by atoms with Crippen LogP contribution in [0.25, 0.3) is 0 Å². The van der Waals surface area contributed by atoms with Crippen molar-refractivity contribution in [3.8, 4) is 0 Å². The molecule has 0 aromatic heterocycles. The van der Waals surface area contributed by atoms with Crippen molar-refractivity contribution in [1.29, 1.82) is 0 Å². The smallest absolute Gasteiger partial charge is 0.0682 e. The zero-order chi connectivity index (χ0) is 8.27. The van der Waals surface area contributed by atoms with E-state index in [0.29, 0.717) is 0 Å². The summed E-state index contributed by atoms with van der Waals surface area (Å²) in [5.74, 6) is 0. The Kier molecular flexibility index (Phi) is 2.49. The number of nitrogens with two attached hydrogens (primary N) is 1. The molecule has 60 valence electrons. The minimum absolute atomic E-state index is 0.0637. The Morgan fingerprint density at radius 2 is 2.18 bits per heavy atom. The van der Waals surface area contributed by atoms with Crippen LogP contribution in [0.3, 0.4) is 0 Å².